The van der Waals surface area contributed by atoms with Gasteiger partial charge < -0.3 is 28.4 Å². The Balaban J connectivity index is 0.000000190. The Bertz CT molecular complexity index is 3000. The molecule has 4 aliphatic rings. The molecule has 8 heterocycles. The summed E-state index contributed by atoms with van der Waals surface area (Å²) in [5.41, 5.74) is 2.76. The monoisotopic (exact) mass is 1110 g/mol. The van der Waals surface area contributed by atoms with Gasteiger partial charge >= 0.3 is 0 Å². The number of aromatic nitrogens is 10. The maximum atomic E-state index is 13.7. The molecule has 0 amide bonds. The maximum absolute atomic E-state index is 13.7. The van der Waals surface area contributed by atoms with Crippen LogP contribution in [-0.4, -0.2) is 167 Å². The van der Waals surface area contributed by atoms with Crippen molar-refractivity contribution in [1.82, 2.24) is 59.3 Å². The summed E-state index contributed by atoms with van der Waals surface area (Å²) in [6, 6.07) is 11.5. The summed E-state index contributed by atoms with van der Waals surface area (Å²) in [5, 5.41) is 15.7. The molecule has 0 saturated carbocycles. The van der Waals surface area contributed by atoms with Crippen LogP contribution in [0.1, 0.15) is 112 Å². The van der Waals surface area contributed by atoms with Gasteiger partial charge in [-0.15, -0.1) is 20.4 Å². The largest absolute Gasteiger partial charge is 0.494 e. The average molecular weight is 1120 g/mol. The van der Waals surface area contributed by atoms with E-state index in [0.717, 1.165) is 49.9 Å². The minimum absolute atomic E-state index is 0.0174. The molecule has 0 bridgehead atoms. The third-order valence-electron chi connectivity index (χ3n) is 15.3. The molecule has 24 nitrogen and oxygen atoms in total. The number of methoxy groups -OCH3 is 4. The molecule has 0 radical (unpaired) electrons. The third-order valence-corrected chi connectivity index (χ3v) is 19.0. The van der Waals surface area contributed by atoms with E-state index in [2.05, 4.69) is 59.6 Å². The molecule has 6 aromatic rings. The summed E-state index contributed by atoms with van der Waals surface area (Å²) < 4.78 is 98.4. The lowest BCUT2D eigenvalue weighted by molar-refractivity contribution is -0.0548. The number of hydrogen-bond donors (Lipinski definition) is 2. The average Bonchev–Trinajstić information content (AvgIpc) is 4.34. The van der Waals surface area contributed by atoms with Crippen LogP contribution >= 0.6 is 0 Å². The lowest BCUT2D eigenvalue weighted by Crippen LogP contribution is -2.43. The highest BCUT2D eigenvalue weighted by Gasteiger charge is 2.40. The highest BCUT2D eigenvalue weighted by molar-refractivity contribution is 7.93. The molecule has 420 valence electrons. The van der Waals surface area contributed by atoms with Gasteiger partial charge in [0.05, 0.1) is 52.2 Å². The van der Waals surface area contributed by atoms with Crippen LogP contribution in [0, 0.1) is 13.8 Å². The fraction of sp³-hybridized carbons (Fsp3) is 0.538. The molecule has 10 rings (SSSR count). The number of anilines is 2. The van der Waals surface area contributed by atoms with Crippen molar-refractivity contribution >= 4 is 31.9 Å². The smallest absolute Gasteiger partial charge is 0.243 e. The number of sulfonamides is 2. The van der Waals surface area contributed by atoms with Gasteiger partial charge in [0.25, 0.3) is 0 Å². The first kappa shape index (κ1) is 56.2. The van der Waals surface area contributed by atoms with Gasteiger partial charge in [0.2, 0.25) is 31.9 Å². The van der Waals surface area contributed by atoms with E-state index in [4.69, 9.17) is 28.4 Å². The first-order valence-electron chi connectivity index (χ1n) is 26.1. The zero-order chi connectivity index (χ0) is 55.5. The highest BCUT2D eigenvalue weighted by Crippen LogP contribution is 2.41. The Morgan fingerprint density at radius 3 is 1.23 bits per heavy atom. The van der Waals surface area contributed by atoms with Crippen LogP contribution in [0.4, 0.5) is 11.9 Å². The van der Waals surface area contributed by atoms with Crippen molar-refractivity contribution in [2.24, 2.45) is 0 Å². The summed E-state index contributed by atoms with van der Waals surface area (Å²) in [5.74, 6) is 2.79. The zero-order valence-corrected chi connectivity index (χ0v) is 47.4. The fourth-order valence-corrected chi connectivity index (χ4v) is 12.8. The van der Waals surface area contributed by atoms with Crippen LogP contribution in [-0.2, 0) is 29.5 Å². The van der Waals surface area contributed by atoms with Crippen LogP contribution in [0.5, 0.6) is 23.0 Å². The van der Waals surface area contributed by atoms with Crippen LogP contribution in [0.25, 0.3) is 11.4 Å². The fourth-order valence-electron chi connectivity index (χ4n) is 10.3. The predicted molar refractivity (Wildman–Crippen MR) is 290 cm³/mol. The molecule has 4 fully saturated rings. The van der Waals surface area contributed by atoms with E-state index in [9.17, 15) is 16.8 Å². The molecule has 0 aliphatic carbocycles. The van der Waals surface area contributed by atoms with Gasteiger partial charge in [0.15, 0.2) is 11.6 Å². The van der Waals surface area contributed by atoms with Crippen LogP contribution in [0.3, 0.4) is 0 Å². The Morgan fingerprint density at radius 2 is 0.897 bits per heavy atom. The summed E-state index contributed by atoms with van der Waals surface area (Å²) in [7, 11) is -1.74. The van der Waals surface area contributed by atoms with Gasteiger partial charge in [-0.1, -0.05) is 26.0 Å². The lowest BCUT2D eigenvalue weighted by atomic mass is 10.1. The number of nitrogens with one attached hydrogen (secondary N) is 2. The number of benzene rings is 2. The van der Waals surface area contributed by atoms with E-state index in [-0.39, 0.29) is 11.9 Å². The van der Waals surface area contributed by atoms with Crippen molar-refractivity contribution in [3.8, 4) is 34.4 Å². The third kappa shape index (κ3) is 11.6. The summed E-state index contributed by atoms with van der Waals surface area (Å²) in [6.45, 7) is 15.0. The molecule has 8 atom stereocenters. The summed E-state index contributed by atoms with van der Waals surface area (Å²) >= 11 is 0. The van der Waals surface area contributed by atoms with E-state index >= 15 is 0 Å². The number of aryl methyl sites for hydroxylation is 2. The van der Waals surface area contributed by atoms with E-state index in [1.807, 2.05) is 13.8 Å². The first-order chi connectivity index (χ1) is 37.5. The molecule has 2 N–H and O–H groups in total. The zero-order valence-electron chi connectivity index (χ0n) is 45.7. The molecule has 26 heteroatoms. The topological polar surface area (TPSA) is 267 Å². The number of rotatable bonds is 18. The van der Waals surface area contributed by atoms with Crippen LogP contribution < -0.4 is 28.4 Å². The van der Waals surface area contributed by atoms with Gasteiger partial charge in [0.1, 0.15) is 58.2 Å². The van der Waals surface area contributed by atoms with Crippen molar-refractivity contribution in [3.63, 3.8) is 0 Å². The van der Waals surface area contributed by atoms with Gasteiger partial charge in [0, 0.05) is 61.8 Å². The van der Waals surface area contributed by atoms with Gasteiger partial charge in [-0.25, -0.2) is 36.8 Å². The molecular weight excluding hydrogens is 1040 g/mol. The second-order valence-corrected chi connectivity index (χ2v) is 24.3. The number of para-hydroxylation sites is 2. The van der Waals surface area contributed by atoms with Gasteiger partial charge in [-0.2, -0.15) is 0 Å². The van der Waals surface area contributed by atoms with Gasteiger partial charge in [-0.05, 0) is 102 Å². The van der Waals surface area contributed by atoms with E-state index in [1.165, 1.54) is 0 Å². The Morgan fingerprint density at radius 1 is 0.551 bits per heavy atom. The molecular formula is C52H70N14O10S2. The Kier molecular flexibility index (Phi) is 17.1. The minimum Gasteiger partial charge on any atom is -0.494 e. The van der Waals surface area contributed by atoms with Crippen molar-refractivity contribution in [1.29, 1.82) is 0 Å². The Hall–Kier alpha value is -6.58. The van der Waals surface area contributed by atoms with Crippen LogP contribution in [0.15, 0.2) is 61.2 Å². The highest BCUT2D eigenvalue weighted by atomic mass is 32.2. The van der Waals surface area contributed by atoms with E-state index in [1.54, 1.807) is 126 Å². The molecule has 4 saturated heterocycles. The molecule has 2 aromatic carbocycles. The SMILES string of the molecule is COc1cccc(OC)c1-n1c(NS(=O)(=O)[C@@H](C)[C@H](C)c2ncc(C)cn2)nnc1[C@@H]1CN2CCC[C@@H]2CO1.COc1cccc(OC)c1-n1c(NS(=O)(=O)[C@@H](C)[C@H](C)c2ncc(C)cn2)nnc1[C@H]1CN2CCC[C@H]2CO1. The number of morpholine rings is 2. The summed E-state index contributed by atoms with van der Waals surface area (Å²) in [4.78, 5) is 22.1. The molecule has 0 spiro atoms. The van der Waals surface area contributed by atoms with Crippen LogP contribution in [0.2, 0.25) is 0 Å². The van der Waals surface area contributed by atoms with Crippen molar-refractivity contribution in [3.05, 3.63) is 95.6 Å². The van der Waals surface area contributed by atoms with Crippen molar-refractivity contribution in [2.45, 2.75) is 114 Å². The second-order valence-electron chi connectivity index (χ2n) is 20.2. The lowest BCUT2D eigenvalue weighted by Gasteiger charge is -2.34. The minimum atomic E-state index is -3.96. The standard InChI is InChI=1S/2C26H35N7O5S/c2*1-16-12-27-24(28-13-16)17(2)18(3)39(34,35)31-26-30-29-25(22-14-32-11-7-8-19(32)15-38-22)33(26)23-20(36-4)9-6-10-21(23)37-5/h2*6,9-10,12-13,17-19,22H,7-8,11,14-15H2,1-5H3,(H,30,31)/t17-,18-,19+,22-;17-,18-,19-,22+/m00/s1. The Labute approximate surface area is 455 Å². The van der Waals surface area contributed by atoms with Crippen molar-refractivity contribution < 1.29 is 45.3 Å². The summed E-state index contributed by atoms with van der Waals surface area (Å²) in [6.07, 6.45) is 10.3. The molecule has 4 aromatic heterocycles. The van der Waals surface area contributed by atoms with Crippen molar-refractivity contribution in [2.75, 3.05) is 77.3 Å². The molecule has 78 heavy (non-hydrogen) atoms. The maximum Gasteiger partial charge on any atom is 0.243 e. The first-order valence-corrected chi connectivity index (χ1v) is 29.2. The predicted octanol–water partition coefficient (Wildman–Crippen LogP) is 5.71. The number of nitrogens with zero attached hydrogens (tertiary/aromatic N) is 12. The normalized spacial score (nSPS) is 21.3. The quantitative estimate of drug-likeness (QED) is 0.104. The molecule has 4 aliphatic heterocycles. The van der Waals surface area contributed by atoms with E-state index < -0.39 is 54.6 Å². The number of ether oxygens (including phenoxy) is 6. The van der Waals surface area contributed by atoms with Gasteiger partial charge in [-0.3, -0.25) is 28.4 Å². The number of fused-ring (bicyclic) bond motifs is 2. The number of hydrogen-bond acceptors (Lipinski definition) is 20. The van der Waals surface area contributed by atoms with E-state index in [0.29, 0.717) is 96.1 Å². The second kappa shape index (κ2) is 23.8. The molecule has 0 unspecified atom stereocenters.